The van der Waals surface area contributed by atoms with Crippen LogP contribution in [0.1, 0.15) is 47.5 Å². The Morgan fingerprint density at radius 3 is 2.13 bits per heavy atom. The molecule has 0 bridgehead atoms. The number of amides is 1. The molecule has 0 aromatic rings. The van der Waals surface area contributed by atoms with Crippen LogP contribution in [0.4, 0.5) is 4.79 Å². The first kappa shape index (κ1) is 21.6. The zero-order valence-electron chi connectivity index (χ0n) is 14.5. The molecule has 0 aliphatic rings. The van der Waals surface area contributed by atoms with E-state index in [-0.39, 0.29) is 13.0 Å². The molecule has 0 saturated heterocycles. The Morgan fingerprint density at radius 2 is 1.74 bits per heavy atom. The smallest absolute Gasteiger partial charge is 0.407 e. The summed E-state index contributed by atoms with van der Waals surface area (Å²) in [7, 11) is -3.81. The Hall–Kier alpha value is -1.35. The maximum atomic E-state index is 11.9. The number of esters is 1. The van der Waals surface area contributed by atoms with Gasteiger partial charge in [0.25, 0.3) is 10.1 Å². The summed E-state index contributed by atoms with van der Waals surface area (Å²) < 4.78 is 37.7. The second kappa shape index (κ2) is 9.07. The van der Waals surface area contributed by atoms with Crippen LogP contribution in [-0.4, -0.2) is 51.1 Å². The van der Waals surface area contributed by atoms with E-state index in [1.54, 1.807) is 34.6 Å². The van der Waals surface area contributed by atoms with Gasteiger partial charge in [-0.3, -0.25) is 8.98 Å². The number of carbonyl (C=O) groups excluding carboxylic acids is 2. The summed E-state index contributed by atoms with van der Waals surface area (Å²) in [5.74, 6) is -0.606. The molecule has 1 unspecified atom stereocenters. The van der Waals surface area contributed by atoms with Crippen LogP contribution in [0.3, 0.4) is 0 Å². The lowest BCUT2D eigenvalue weighted by molar-refractivity contribution is -0.145. The van der Waals surface area contributed by atoms with Crippen molar-refractivity contribution in [3.8, 4) is 0 Å². The fourth-order valence-corrected chi connectivity index (χ4v) is 2.42. The largest absolute Gasteiger partial charge is 0.466 e. The highest BCUT2D eigenvalue weighted by molar-refractivity contribution is 7.86. The van der Waals surface area contributed by atoms with Crippen molar-refractivity contribution in [2.75, 3.05) is 12.9 Å². The third-order valence-corrected chi connectivity index (χ3v) is 3.16. The molecule has 8 nitrogen and oxygen atoms in total. The molecule has 0 aliphatic carbocycles. The average Bonchev–Trinajstić information content (AvgIpc) is 2.31. The zero-order valence-corrected chi connectivity index (χ0v) is 15.4. The number of carbonyl (C=O) groups is 2. The Kier molecular flexibility index (Phi) is 8.54. The van der Waals surface area contributed by atoms with E-state index < -0.39 is 39.9 Å². The van der Waals surface area contributed by atoms with Gasteiger partial charge in [-0.15, -0.1) is 0 Å². The Labute approximate surface area is 138 Å². The molecule has 0 spiro atoms. The normalized spacial score (nSPS) is 14.7. The van der Waals surface area contributed by atoms with Gasteiger partial charge in [0.15, 0.2) is 0 Å². The first-order valence-electron chi connectivity index (χ1n) is 7.41. The van der Waals surface area contributed by atoms with Gasteiger partial charge >= 0.3 is 12.1 Å². The molecule has 0 heterocycles. The lowest BCUT2D eigenvalue weighted by atomic mass is 10.1. The fourth-order valence-electron chi connectivity index (χ4n) is 1.77. The van der Waals surface area contributed by atoms with Gasteiger partial charge in [-0.2, -0.15) is 8.42 Å². The molecule has 0 aromatic heterocycles. The van der Waals surface area contributed by atoms with E-state index in [0.717, 1.165) is 6.26 Å². The molecule has 1 amide bonds. The minimum Gasteiger partial charge on any atom is -0.466 e. The number of hydrogen-bond acceptors (Lipinski definition) is 7. The monoisotopic (exact) mass is 353 g/mol. The standard InChI is InChI=1S/C14H27NO7S/c1-7-10(15-13(17)21-14(3,4)5)11(22-23(6,18)19)9-12(16)20-8-2/h10-11H,7-9H2,1-6H3,(H,15,17)/t10-,11?/m0/s1. The van der Waals surface area contributed by atoms with E-state index in [1.165, 1.54) is 0 Å². The van der Waals surface area contributed by atoms with Crippen molar-refractivity contribution < 1.29 is 31.7 Å². The number of ether oxygens (including phenoxy) is 2. The molecule has 0 aromatic carbocycles. The Morgan fingerprint density at radius 1 is 1.17 bits per heavy atom. The SMILES string of the molecule is CCOC(=O)CC(OS(C)(=O)=O)[C@H](CC)NC(=O)OC(C)(C)C. The Balaban J connectivity index is 5.06. The van der Waals surface area contributed by atoms with Crippen molar-refractivity contribution in [3.63, 3.8) is 0 Å². The third kappa shape index (κ3) is 10.9. The molecule has 0 fully saturated rings. The van der Waals surface area contributed by atoms with E-state index in [4.69, 9.17) is 13.7 Å². The number of rotatable bonds is 8. The van der Waals surface area contributed by atoms with E-state index in [2.05, 4.69) is 5.32 Å². The van der Waals surface area contributed by atoms with Crippen molar-refractivity contribution in [2.45, 2.75) is 65.2 Å². The van der Waals surface area contributed by atoms with Crippen LogP contribution in [0, 0.1) is 0 Å². The molecule has 23 heavy (non-hydrogen) atoms. The van der Waals surface area contributed by atoms with Crippen molar-refractivity contribution in [1.29, 1.82) is 0 Å². The predicted octanol–water partition coefficient (Wildman–Crippen LogP) is 1.59. The highest BCUT2D eigenvalue weighted by Crippen LogP contribution is 2.14. The second-order valence-corrected chi connectivity index (χ2v) is 7.61. The lowest BCUT2D eigenvalue weighted by Gasteiger charge is -2.27. The third-order valence-electron chi connectivity index (χ3n) is 2.56. The topological polar surface area (TPSA) is 108 Å². The summed E-state index contributed by atoms with van der Waals surface area (Å²) in [6, 6.07) is -0.719. The van der Waals surface area contributed by atoms with Gasteiger partial charge in [-0.25, -0.2) is 4.79 Å². The summed E-state index contributed by atoms with van der Waals surface area (Å²) in [5.41, 5.74) is -0.698. The van der Waals surface area contributed by atoms with Crippen LogP contribution in [-0.2, 0) is 28.6 Å². The van der Waals surface area contributed by atoms with Gasteiger partial charge in [0, 0.05) is 0 Å². The molecular formula is C14H27NO7S. The van der Waals surface area contributed by atoms with Crippen LogP contribution in [0.5, 0.6) is 0 Å². The minimum absolute atomic E-state index is 0.167. The van der Waals surface area contributed by atoms with Gasteiger partial charge in [-0.1, -0.05) is 6.92 Å². The minimum atomic E-state index is -3.81. The van der Waals surface area contributed by atoms with Gasteiger partial charge in [0.1, 0.15) is 11.7 Å². The van der Waals surface area contributed by atoms with E-state index >= 15 is 0 Å². The Bertz CT molecular complexity index is 496. The molecule has 0 radical (unpaired) electrons. The van der Waals surface area contributed by atoms with E-state index in [1.807, 2.05) is 0 Å². The number of nitrogens with one attached hydrogen (secondary N) is 1. The number of hydrogen-bond donors (Lipinski definition) is 1. The van der Waals surface area contributed by atoms with Crippen molar-refractivity contribution >= 4 is 22.2 Å². The summed E-state index contributed by atoms with van der Waals surface area (Å²) >= 11 is 0. The molecule has 9 heteroatoms. The second-order valence-electron chi connectivity index (χ2n) is 6.01. The first-order valence-corrected chi connectivity index (χ1v) is 9.23. The molecule has 1 N–H and O–H groups in total. The van der Waals surface area contributed by atoms with Crippen molar-refractivity contribution in [3.05, 3.63) is 0 Å². The fraction of sp³-hybridized carbons (Fsp3) is 0.857. The molecular weight excluding hydrogens is 326 g/mol. The number of alkyl carbamates (subject to hydrolysis) is 1. The maximum Gasteiger partial charge on any atom is 0.407 e. The summed E-state index contributed by atoms with van der Waals surface area (Å²) in [6.45, 7) is 8.65. The summed E-state index contributed by atoms with van der Waals surface area (Å²) in [4.78, 5) is 23.5. The average molecular weight is 353 g/mol. The van der Waals surface area contributed by atoms with Crippen LogP contribution >= 0.6 is 0 Å². The van der Waals surface area contributed by atoms with Gasteiger partial charge in [0.2, 0.25) is 0 Å². The predicted molar refractivity (Wildman–Crippen MR) is 84.4 cm³/mol. The first-order chi connectivity index (χ1) is 10.4. The maximum absolute atomic E-state index is 11.9. The highest BCUT2D eigenvalue weighted by Gasteiger charge is 2.30. The molecule has 0 aliphatic heterocycles. The van der Waals surface area contributed by atoms with E-state index in [9.17, 15) is 18.0 Å². The van der Waals surface area contributed by atoms with Gasteiger partial charge in [0.05, 0.1) is 25.3 Å². The summed E-state index contributed by atoms with van der Waals surface area (Å²) in [6.07, 6.45) is -0.851. The lowest BCUT2D eigenvalue weighted by Crippen LogP contribution is -2.47. The van der Waals surface area contributed by atoms with Crippen molar-refractivity contribution in [1.82, 2.24) is 5.32 Å². The zero-order chi connectivity index (χ0) is 18.3. The quantitative estimate of drug-likeness (QED) is 0.521. The van der Waals surface area contributed by atoms with Crippen LogP contribution in [0.15, 0.2) is 0 Å². The van der Waals surface area contributed by atoms with E-state index in [0.29, 0.717) is 6.42 Å². The molecule has 136 valence electrons. The van der Waals surface area contributed by atoms with Crippen LogP contribution < -0.4 is 5.32 Å². The van der Waals surface area contributed by atoms with Crippen LogP contribution in [0.2, 0.25) is 0 Å². The molecule has 0 saturated carbocycles. The molecule has 2 atom stereocenters. The summed E-state index contributed by atoms with van der Waals surface area (Å²) in [5, 5.41) is 2.54. The highest BCUT2D eigenvalue weighted by atomic mass is 32.2. The van der Waals surface area contributed by atoms with Crippen LogP contribution in [0.25, 0.3) is 0 Å². The van der Waals surface area contributed by atoms with Gasteiger partial charge in [-0.05, 0) is 34.1 Å². The van der Waals surface area contributed by atoms with Crippen molar-refractivity contribution in [2.24, 2.45) is 0 Å². The molecule has 0 rings (SSSR count). The van der Waals surface area contributed by atoms with Gasteiger partial charge < -0.3 is 14.8 Å².